The van der Waals surface area contributed by atoms with Crippen LogP contribution in [0.2, 0.25) is 0 Å². The number of thiophene rings is 1. The molecule has 64 valence electrons. The van der Waals surface area contributed by atoms with Crippen molar-refractivity contribution in [3.8, 4) is 0 Å². The summed E-state index contributed by atoms with van der Waals surface area (Å²) in [4.78, 5) is -0.648. The highest BCUT2D eigenvalue weighted by molar-refractivity contribution is 7.15. The maximum atomic E-state index is 11.8. The molecule has 1 aromatic rings. The van der Waals surface area contributed by atoms with E-state index in [0.29, 0.717) is 11.3 Å². The Morgan fingerprint density at radius 1 is 1.27 bits per heavy atom. The third-order valence-corrected chi connectivity index (χ3v) is 1.87. The number of anilines is 1. The Kier molecular flexibility index (Phi) is 3.19. The molecule has 0 radical (unpaired) electrons. The fraction of sp³-hybridized carbons (Fsp3) is 0.200. The van der Waals surface area contributed by atoms with E-state index in [0.717, 1.165) is 6.07 Å². The largest absolute Gasteiger partial charge is 0.425 e. The van der Waals surface area contributed by atoms with Crippen molar-refractivity contribution in [2.75, 3.05) is 5.73 Å². The maximum absolute atomic E-state index is 11.8. The molecular weight excluding hydrogens is 199 g/mol. The Labute approximate surface area is 71.4 Å². The summed E-state index contributed by atoms with van der Waals surface area (Å²) in [5, 5.41) is 0.187. The molecule has 0 atom stereocenters. The number of alkyl halides is 3. The Balaban J connectivity index is 0.000001000. The van der Waals surface area contributed by atoms with Crippen LogP contribution in [0, 0.1) is 0 Å². The van der Waals surface area contributed by atoms with Gasteiger partial charge in [-0.05, 0) is 12.1 Å². The van der Waals surface area contributed by atoms with Crippen LogP contribution in [0.5, 0.6) is 0 Å². The van der Waals surface area contributed by atoms with Crippen LogP contribution in [-0.2, 0) is 6.18 Å². The van der Waals surface area contributed by atoms with Crippen LogP contribution in [-0.4, -0.2) is 0 Å². The fourth-order valence-corrected chi connectivity index (χ4v) is 1.15. The first-order valence-corrected chi connectivity index (χ1v) is 3.24. The van der Waals surface area contributed by atoms with Gasteiger partial charge in [-0.3, -0.25) is 0 Å². The van der Waals surface area contributed by atoms with Crippen molar-refractivity contribution < 1.29 is 13.2 Å². The molecule has 1 nitrogen and oxygen atoms in total. The lowest BCUT2D eigenvalue weighted by atomic mass is 10.5. The smallest absolute Gasteiger partial charge is 0.391 e. The van der Waals surface area contributed by atoms with Crippen LogP contribution in [0.15, 0.2) is 12.1 Å². The minimum Gasteiger partial charge on any atom is -0.391 e. The molecule has 0 aliphatic carbocycles. The summed E-state index contributed by atoms with van der Waals surface area (Å²) in [6.45, 7) is 0. The number of halogens is 4. The average Bonchev–Trinajstić information content (AvgIpc) is 2.11. The van der Waals surface area contributed by atoms with Gasteiger partial charge in [0.15, 0.2) is 0 Å². The molecule has 0 unspecified atom stereocenters. The van der Waals surface area contributed by atoms with Crippen LogP contribution < -0.4 is 5.73 Å². The lowest BCUT2D eigenvalue weighted by Crippen LogP contribution is -2.00. The van der Waals surface area contributed by atoms with Crippen molar-refractivity contribution in [1.29, 1.82) is 0 Å². The van der Waals surface area contributed by atoms with Crippen molar-refractivity contribution >= 4 is 28.7 Å². The number of rotatable bonds is 0. The molecular formula is C5H5ClF3NS. The minimum atomic E-state index is -4.25. The molecule has 0 aromatic carbocycles. The van der Waals surface area contributed by atoms with E-state index >= 15 is 0 Å². The number of hydrogen-bond acceptors (Lipinski definition) is 2. The molecule has 6 heteroatoms. The quantitative estimate of drug-likeness (QED) is 0.690. The Bertz CT molecular complexity index is 232. The summed E-state index contributed by atoms with van der Waals surface area (Å²) < 4.78 is 35.3. The van der Waals surface area contributed by atoms with Gasteiger partial charge >= 0.3 is 6.18 Å². The van der Waals surface area contributed by atoms with Gasteiger partial charge in [0, 0.05) is 0 Å². The van der Waals surface area contributed by atoms with Crippen LogP contribution in [0.25, 0.3) is 0 Å². The molecule has 1 heterocycles. The molecule has 0 fully saturated rings. The fourth-order valence-electron chi connectivity index (χ4n) is 0.505. The Morgan fingerprint density at radius 2 is 1.82 bits per heavy atom. The van der Waals surface area contributed by atoms with Gasteiger partial charge in [0.25, 0.3) is 0 Å². The summed E-state index contributed by atoms with van der Waals surface area (Å²) in [5.41, 5.74) is 5.09. The van der Waals surface area contributed by atoms with Gasteiger partial charge in [0.05, 0.1) is 5.00 Å². The third-order valence-electron chi connectivity index (χ3n) is 0.906. The van der Waals surface area contributed by atoms with Gasteiger partial charge in [-0.15, -0.1) is 23.7 Å². The summed E-state index contributed by atoms with van der Waals surface area (Å²) in [6.07, 6.45) is -4.25. The van der Waals surface area contributed by atoms with Crippen LogP contribution in [0.4, 0.5) is 18.2 Å². The minimum absolute atomic E-state index is 0. The predicted molar refractivity (Wildman–Crippen MR) is 41.0 cm³/mol. The zero-order valence-electron chi connectivity index (χ0n) is 5.18. The molecule has 1 aromatic heterocycles. The second-order valence-corrected chi connectivity index (χ2v) is 2.82. The number of nitrogen functional groups attached to an aromatic ring is 1. The van der Waals surface area contributed by atoms with Crippen LogP contribution >= 0.6 is 23.7 Å². The summed E-state index contributed by atoms with van der Waals surface area (Å²) in [7, 11) is 0. The van der Waals surface area contributed by atoms with Gasteiger partial charge < -0.3 is 5.73 Å². The molecule has 0 bridgehead atoms. The predicted octanol–water partition coefficient (Wildman–Crippen LogP) is 2.77. The van der Waals surface area contributed by atoms with Crippen molar-refractivity contribution in [2.45, 2.75) is 6.18 Å². The molecule has 0 spiro atoms. The third kappa shape index (κ3) is 2.59. The second-order valence-electron chi connectivity index (χ2n) is 1.70. The van der Waals surface area contributed by atoms with Gasteiger partial charge in [0.1, 0.15) is 4.88 Å². The molecule has 0 saturated heterocycles. The van der Waals surface area contributed by atoms with E-state index in [1.807, 2.05) is 0 Å². The molecule has 11 heavy (non-hydrogen) atoms. The number of nitrogens with two attached hydrogens (primary N) is 1. The molecule has 2 N–H and O–H groups in total. The highest BCUT2D eigenvalue weighted by Gasteiger charge is 2.31. The van der Waals surface area contributed by atoms with Crippen molar-refractivity contribution in [2.24, 2.45) is 0 Å². The zero-order valence-corrected chi connectivity index (χ0v) is 6.82. The highest BCUT2D eigenvalue weighted by atomic mass is 35.5. The van der Waals surface area contributed by atoms with Crippen molar-refractivity contribution in [3.63, 3.8) is 0 Å². The average molecular weight is 204 g/mol. The van der Waals surface area contributed by atoms with Crippen molar-refractivity contribution in [3.05, 3.63) is 17.0 Å². The lowest BCUT2D eigenvalue weighted by molar-refractivity contribution is -0.134. The van der Waals surface area contributed by atoms with Gasteiger partial charge in [-0.25, -0.2) is 0 Å². The van der Waals surface area contributed by atoms with E-state index in [9.17, 15) is 13.2 Å². The Morgan fingerprint density at radius 3 is 2.00 bits per heavy atom. The van der Waals surface area contributed by atoms with Gasteiger partial charge in [-0.1, -0.05) is 0 Å². The lowest BCUT2D eigenvalue weighted by Gasteiger charge is -1.99. The second kappa shape index (κ2) is 3.32. The normalized spacial score (nSPS) is 10.8. The van der Waals surface area contributed by atoms with E-state index in [1.165, 1.54) is 6.07 Å². The molecule has 0 aliphatic rings. The first-order chi connectivity index (χ1) is 4.50. The summed E-state index contributed by atoms with van der Waals surface area (Å²) >= 11 is 0.547. The topological polar surface area (TPSA) is 26.0 Å². The maximum Gasteiger partial charge on any atom is 0.425 e. The summed E-state index contributed by atoms with van der Waals surface area (Å²) in [6, 6.07) is 2.22. The number of hydrogen-bond donors (Lipinski definition) is 1. The van der Waals surface area contributed by atoms with Gasteiger partial charge in [0.2, 0.25) is 0 Å². The first-order valence-electron chi connectivity index (χ1n) is 2.42. The molecule has 0 amide bonds. The SMILES string of the molecule is Cl.Nc1ccc(C(F)(F)F)s1. The van der Waals surface area contributed by atoms with Crippen LogP contribution in [0.1, 0.15) is 4.88 Å². The monoisotopic (exact) mass is 203 g/mol. The molecule has 1 rings (SSSR count). The standard InChI is InChI=1S/C5H4F3NS.ClH/c6-5(7,8)3-1-2-4(9)10-3;/h1-2H,9H2;1H. The highest BCUT2D eigenvalue weighted by Crippen LogP contribution is 2.35. The van der Waals surface area contributed by atoms with E-state index in [4.69, 9.17) is 5.73 Å². The molecule has 0 saturated carbocycles. The molecule has 0 aliphatic heterocycles. The first kappa shape index (κ1) is 10.6. The van der Waals surface area contributed by atoms with E-state index < -0.39 is 11.1 Å². The summed E-state index contributed by atoms with van der Waals surface area (Å²) in [5.74, 6) is 0. The van der Waals surface area contributed by atoms with Crippen LogP contribution in [0.3, 0.4) is 0 Å². The van der Waals surface area contributed by atoms with Gasteiger partial charge in [-0.2, -0.15) is 13.2 Å². The Hall–Kier alpha value is -0.420. The van der Waals surface area contributed by atoms with E-state index in [1.54, 1.807) is 0 Å². The van der Waals surface area contributed by atoms with E-state index in [-0.39, 0.29) is 17.4 Å². The van der Waals surface area contributed by atoms with E-state index in [2.05, 4.69) is 0 Å². The van der Waals surface area contributed by atoms with Crippen molar-refractivity contribution in [1.82, 2.24) is 0 Å². The zero-order chi connectivity index (χ0) is 7.78.